The van der Waals surface area contributed by atoms with Crippen molar-refractivity contribution in [1.82, 2.24) is 5.32 Å². The first-order valence-electron chi connectivity index (χ1n) is 5.56. The van der Waals surface area contributed by atoms with Gasteiger partial charge in [-0.1, -0.05) is 6.08 Å². The zero-order chi connectivity index (χ0) is 11.7. The molecule has 3 heteroatoms. The lowest BCUT2D eigenvalue weighted by Gasteiger charge is -2.33. The van der Waals surface area contributed by atoms with Crippen LogP contribution in [0.2, 0.25) is 0 Å². The number of hydrogen-bond donors (Lipinski definition) is 2. The normalized spacial score (nSPS) is 17.1. The molecule has 0 spiro atoms. The summed E-state index contributed by atoms with van der Waals surface area (Å²) in [5.41, 5.74) is -0.135. The summed E-state index contributed by atoms with van der Waals surface area (Å²) in [6, 6.07) is 0.412. The second kappa shape index (κ2) is 7.85. The molecule has 90 valence electrons. The predicted molar refractivity (Wildman–Crippen MR) is 64.0 cm³/mol. The smallest absolute Gasteiger partial charge is 0.0642 e. The molecule has 0 bridgehead atoms. The fourth-order valence-electron chi connectivity index (χ4n) is 1.79. The highest BCUT2D eigenvalue weighted by Gasteiger charge is 2.24. The first-order chi connectivity index (χ1) is 7.08. The van der Waals surface area contributed by atoms with Crippen molar-refractivity contribution in [3.8, 4) is 0 Å². The molecule has 0 aliphatic heterocycles. The lowest BCUT2D eigenvalue weighted by molar-refractivity contribution is 0.0905. The standard InChI is InChI=1S/C12H25NO2/c1-5-6-7-11(2)13-12(3,8-9-14)10-15-4/h5,11,13-14H,1,6-10H2,2-4H3. The van der Waals surface area contributed by atoms with Crippen LogP contribution < -0.4 is 5.32 Å². The topological polar surface area (TPSA) is 41.5 Å². The van der Waals surface area contributed by atoms with Crippen LogP contribution in [0.4, 0.5) is 0 Å². The van der Waals surface area contributed by atoms with Gasteiger partial charge < -0.3 is 15.2 Å². The van der Waals surface area contributed by atoms with Gasteiger partial charge >= 0.3 is 0 Å². The Morgan fingerprint density at radius 2 is 2.27 bits per heavy atom. The van der Waals surface area contributed by atoms with Crippen molar-refractivity contribution < 1.29 is 9.84 Å². The molecule has 0 saturated carbocycles. The maximum Gasteiger partial charge on any atom is 0.0642 e. The molecule has 0 aromatic carbocycles. The van der Waals surface area contributed by atoms with Gasteiger partial charge in [0.2, 0.25) is 0 Å². The van der Waals surface area contributed by atoms with Crippen molar-refractivity contribution >= 4 is 0 Å². The average Bonchev–Trinajstić information content (AvgIpc) is 2.15. The molecule has 2 atom stereocenters. The minimum absolute atomic E-state index is 0.135. The summed E-state index contributed by atoms with van der Waals surface area (Å²) in [6.45, 7) is 8.74. The molecule has 0 saturated heterocycles. The van der Waals surface area contributed by atoms with Crippen LogP contribution in [-0.2, 0) is 4.74 Å². The predicted octanol–water partition coefficient (Wildman–Crippen LogP) is 1.72. The highest BCUT2D eigenvalue weighted by molar-refractivity contribution is 4.86. The van der Waals surface area contributed by atoms with E-state index in [1.807, 2.05) is 6.08 Å². The van der Waals surface area contributed by atoms with Crippen LogP contribution in [-0.4, -0.2) is 37.0 Å². The van der Waals surface area contributed by atoms with Gasteiger partial charge in [-0.3, -0.25) is 0 Å². The third-order valence-electron chi connectivity index (χ3n) is 2.53. The lowest BCUT2D eigenvalue weighted by Crippen LogP contribution is -2.50. The largest absolute Gasteiger partial charge is 0.396 e. The molecule has 0 aliphatic carbocycles. The van der Waals surface area contributed by atoms with E-state index in [1.54, 1.807) is 7.11 Å². The van der Waals surface area contributed by atoms with Crippen molar-refractivity contribution in [2.45, 2.75) is 44.7 Å². The van der Waals surface area contributed by atoms with Crippen LogP contribution in [0, 0.1) is 0 Å². The number of nitrogens with one attached hydrogen (secondary N) is 1. The lowest BCUT2D eigenvalue weighted by atomic mass is 9.97. The molecule has 0 aromatic rings. The van der Waals surface area contributed by atoms with E-state index in [2.05, 4.69) is 25.7 Å². The van der Waals surface area contributed by atoms with Gasteiger partial charge in [0.25, 0.3) is 0 Å². The van der Waals surface area contributed by atoms with Gasteiger partial charge in [0.1, 0.15) is 0 Å². The van der Waals surface area contributed by atoms with Crippen LogP contribution >= 0.6 is 0 Å². The van der Waals surface area contributed by atoms with E-state index in [9.17, 15) is 0 Å². The molecular weight excluding hydrogens is 190 g/mol. The molecule has 15 heavy (non-hydrogen) atoms. The van der Waals surface area contributed by atoms with Crippen molar-refractivity contribution in [3.63, 3.8) is 0 Å². The molecule has 2 unspecified atom stereocenters. The Kier molecular flexibility index (Phi) is 7.65. The molecule has 3 nitrogen and oxygen atoms in total. The molecule has 0 aromatic heterocycles. The summed E-state index contributed by atoms with van der Waals surface area (Å²) in [5, 5.41) is 12.5. The van der Waals surface area contributed by atoms with Crippen LogP contribution in [0.1, 0.15) is 33.1 Å². The summed E-state index contributed by atoms with van der Waals surface area (Å²) >= 11 is 0. The van der Waals surface area contributed by atoms with Gasteiger partial charge in [-0.05, 0) is 33.1 Å². The van der Waals surface area contributed by atoms with Gasteiger partial charge in [0.05, 0.1) is 6.61 Å². The van der Waals surface area contributed by atoms with Crippen molar-refractivity contribution in [2.75, 3.05) is 20.3 Å². The quantitative estimate of drug-likeness (QED) is 0.575. The van der Waals surface area contributed by atoms with E-state index < -0.39 is 0 Å². The maximum absolute atomic E-state index is 9.01. The highest BCUT2D eigenvalue weighted by atomic mass is 16.5. The molecule has 0 rings (SSSR count). The number of rotatable bonds is 9. The molecule has 0 aliphatic rings. The summed E-state index contributed by atoms with van der Waals surface area (Å²) < 4.78 is 5.17. The minimum Gasteiger partial charge on any atom is -0.396 e. The van der Waals surface area contributed by atoms with E-state index in [0.29, 0.717) is 19.1 Å². The van der Waals surface area contributed by atoms with Gasteiger partial charge in [0, 0.05) is 25.3 Å². The second-order valence-corrected chi connectivity index (χ2v) is 4.38. The van der Waals surface area contributed by atoms with Crippen LogP contribution in [0.15, 0.2) is 12.7 Å². The third kappa shape index (κ3) is 6.66. The van der Waals surface area contributed by atoms with Gasteiger partial charge in [-0.25, -0.2) is 0 Å². The first kappa shape index (κ1) is 14.6. The Morgan fingerprint density at radius 1 is 1.60 bits per heavy atom. The Labute approximate surface area is 93.5 Å². The first-order valence-corrected chi connectivity index (χ1v) is 5.56. The van der Waals surface area contributed by atoms with E-state index >= 15 is 0 Å². The Morgan fingerprint density at radius 3 is 2.73 bits per heavy atom. The van der Waals surface area contributed by atoms with Crippen molar-refractivity contribution in [1.29, 1.82) is 0 Å². The van der Waals surface area contributed by atoms with Crippen molar-refractivity contribution in [3.05, 3.63) is 12.7 Å². The summed E-state index contributed by atoms with van der Waals surface area (Å²) in [7, 11) is 1.69. The summed E-state index contributed by atoms with van der Waals surface area (Å²) in [6.07, 6.45) is 4.71. The molecular formula is C12H25NO2. The van der Waals surface area contributed by atoms with E-state index in [0.717, 1.165) is 12.8 Å². The van der Waals surface area contributed by atoms with Crippen LogP contribution in [0.3, 0.4) is 0 Å². The van der Waals surface area contributed by atoms with Crippen molar-refractivity contribution in [2.24, 2.45) is 0 Å². The van der Waals surface area contributed by atoms with Gasteiger partial charge in [0.15, 0.2) is 0 Å². The summed E-state index contributed by atoms with van der Waals surface area (Å²) in [4.78, 5) is 0. The molecule has 0 radical (unpaired) electrons. The average molecular weight is 215 g/mol. The fourth-order valence-corrected chi connectivity index (χ4v) is 1.79. The second-order valence-electron chi connectivity index (χ2n) is 4.38. The molecule has 0 amide bonds. The number of allylic oxidation sites excluding steroid dienone is 1. The van der Waals surface area contributed by atoms with E-state index in [-0.39, 0.29) is 12.1 Å². The SMILES string of the molecule is C=CCCC(C)NC(C)(CCO)COC. The fraction of sp³-hybridized carbons (Fsp3) is 0.833. The maximum atomic E-state index is 9.01. The number of hydrogen-bond acceptors (Lipinski definition) is 3. The number of aliphatic hydroxyl groups is 1. The van der Waals surface area contributed by atoms with Crippen LogP contribution in [0.5, 0.6) is 0 Å². The minimum atomic E-state index is -0.135. The Balaban J connectivity index is 4.07. The van der Waals surface area contributed by atoms with Crippen LogP contribution in [0.25, 0.3) is 0 Å². The van der Waals surface area contributed by atoms with Gasteiger partial charge in [-0.15, -0.1) is 6.58 Å². The molecule has 2 N–H and O–H groups in total. The van der Waals surface area contributed by atoms with E-state index in [1.165, 1.54) is 0 Å². The zero-order valence-electron chi connectivity index (χ0n) is 10.3. The van der Waals surface area contributed by atoms with E-state index in [4.69, 9.17) is 9.84 Å². The summed E-state index contributed by atoms with van der Waals surface area (Å²) in [5.74, 6) is 0. The monoisotopic (exact) mass is 215 g/mol. The molecule has 0 fully saturated rings. The third-order valence-corrected chi connectivity index (χ3v) is 2.53. The number of ether oxygens (including phenoxy) is 1. The highest BCUT2D eigenvalue weighted by Crippen LogP contribution is 2.12. The zero-order valence-corrected chi connectivity index (χ0v) is 10.3. The Bertz CT molecular complexity index is 165. The molecule has 0 heterocycles. The number of methoxy groups -OCH3 is 1. The van der Waals surface area contributed by atoms with Gasteiger partial charge in [-0.2, -0.15) is 0 Å². The number of aliphatic hydroxyl groups excluding tert-OH is 1. The Hall–Kier alpha value is -0.380.